The number of nitrogens with one attached hydrogen (secondary N) is 1. The molecule has 2 aliphatic heterocycles. The number of halogens is 5. The van der Waals surface area contributed by atoms with Crippen molar-refractivity contribution < 1.29 is 27.6 Å². The van der Waals surface area contributed by atoms with E-state index in [9.17, 15) is 32.3 Å². The van der Waals surface area contributed by atoms with Gasteiger partial charge in [0.1, 0.15) is 11.8 Å². The average Bonchev–Trinajstić information content (AvgIpc) is 3.44. The third kappa shape index (κ3) is 5.70. The third-order valence-corrected chi connectivity index (χ3v) is 11.1. The zero-order valence-corrected chi connectivity index (χ0v) is 27.1. The van der Waals surface area contributed by atoms with Crippen molar-refractivity contribution in [1.82, 2.24) is 4.57 Å². The molecule has 0 radical (unpaired) electrons. The molecule has 3 amide bonds. The molecule has 2 aliphatic rings. The van der Waals surface area contributed by atoms with E-state index in [-0.39, 0.29) is 5.02 Å². The lowest BCUT2D eigenvalue weighted by atomic mass is 9.83. The van der Waals surface area contributed by atoms with Crippen molar-refractivity contribution >= 4 is 81.1 Å². The molecule has 238 valence electrons. The Morgan fingerprint density at radius 2 is 1.65 bits per heavy atom. The van der Waals surface area contributed by atoms with E-state index < -0.39 is 63.7 Å². The number of thiazole rings is 1. The van der Waals surface area contributed by atoms with Crippen LogP contribution in [0.5, 0.6) is 0 Å². The molecule has 0 saturated carbocycles. The number of nitrogens with zero attached hydrogens (tertiary/aromatic N) is 3. The largest absolute Gasteiger partial charge is 0.418 e. The molecular formula is C31H23Cl2F3N4O4S2. The van der Waals surface area contributed by atoms with Gasteiger partial charge in [-0.25, -0.2) is 4.90 Å². The Morgan fingerprint density at radius 1 is 0.957 bits per heavy atom. The Bertz CT molecular complexity index is 1950. The summed E-state index contributed by atoms with van der Waals surface area (Å²) in [6.07, 6.45) is -4.82. The second kappa shape index (κ2) is 12.1. The maximum Gasteiger partial charge on any atom is 0.418 e. The van der Waals surface area contributed by atoms with Crippen LogP contribution < -0.4 is 20.0 Å². The van der Waals surface area contributed by atoms with Crippen LogP contribution in [0.1, 0.15) is 21.9 Å². The van der Waals surface area contributed by atoms with Gasteiger partial charge < -0.3 is 10.2 Å². The standard InChI is InChI=1S/C31H23Cl2F3N4O4S2/c1-38(2)17-10-7-15(8-11-17)23-24-25(28(43)40(27(24)42)21-6-4-3-5-18(21)31(34,35)36)45-29-26(23)46-30(44)39(29)14-22(41)37-16-9-12-19(32)20(33)13-16/h3-13,23-25H,14H2,1-2H3,(H,37,41)/t23-,24?,25?/m1/s1. The van der Waals surface area contributed by atoms with Gasteiger partial charge in [0.05, 0.1) is 32.2 Å². The first-order chi connectivity index (χ1) is 21.8. The number of rotatable bonds is 6. The minimum atomic E-state index is -4.82. The van der Waals surface area contributed by atoms with Crippen molar-refractivity contribution in [3.63, 3.8) is 0 Å². The molecule has 0 aliphatic carbocycles. The van der Waals surface area contributed by atoms with Gasteiger partial charge in [-0.2, -0.15) is 13.2 Å². The topological polar surface area (TPSA) is 91.7 Å². The van der Waals surface area contributed by atoms with E-state index in [4.69, 9.17) is 23.2 Å². The van der Waals surface area contributed by atoms with Crippen molar-refractivity contribution in [3.8, 4) is 0 Å². The average molecular weight is 708 g/mol. The number of alkyl halides is 3. The molecule has 2 unspecified atom stereocenters. The first-order valence-electron chi connectivity index (χ1n) is 13.7. The SMILES string of the molecule is CN(C)c1ccc([C@H]2c3sc(=O)n(CC(=O)Nc4ccc(Cl)c(Cl)c4)c3SC3C(=O)N(c4ccccc4C(F)(F)F)C(=O)C32)cc1. The second-order valence-electron chi connectivity index (χ2n) is 10.9. The zero-order chi connectivity index (χ0) is 33.1. The summed E-state index contributed by atoms with van der Waals surface area (Å²) in [4.78, 5) is 56.9. The number of imide groups is 1. The van der Waals surface area contributed by atoms with Crippen molar-refractivity contribution in [2.75, 3.05) is 29.2 Å². The first-order valence-corrected chi connectivity index (χ1v) is 16.2. The number of amides is 3. The number of anilines is 3. The fourth-order valence-electron chi connectivity index (χ4n) is 5.66. The Labute approximate surface area is 278 Å². The van der Waals surface area contributed by atoms with Gasteiger partial charge in [0.2, 0.25) is 17.7 Å². The van der Waals surface area contributed by atoms with Gasteiger partial charge in [0.15, 0.2) is 0 Å². The predicted octanol–water partition coefficient (Wildman–Crippen LogP) is 6.74. The van der Waals surface area contributed by atoms with E-state index in [1.807, 2.05) is 31.1 Å². The Hall–Kier alpha value is -3.78. The molecular weight excluding hydrogens is 684 g/mol. The highest BCUT2D eigenvalue weighted by atomic mass is 35.5. The third-order valence-electron chi connectivity index (χ3n) is 7.77. The highest BCUT2D eigenvalue weighted by Crippen LogP contribution is 2.54. The maximum absolute atomic E-state index is 14.1. The van der Waals surface area contributed by atoms with Crippen LogP contribution in [0.3, 0.4) is 0 Å². The van der Waals surface area contributed by atoms with Gasteiger partial charge in [-0.3, -0.25) is 23.7 Å². The fraction of sp³-hybridized carbons (Fsp3) is 0.226. The summed E-state index contributed by atoms with van der Waals surface area (Å²) in [5, 5.41) is 2.32. The Balaban J connectivity index is 1.43. The molecule has 0 spiro atoms. The summed E-state index contributed by atoms with van der Waals surface area (Å²) in [6, 6.07) is 16.1. The first kappa shape index (κ1) is 32.2. The number of fused-ring (bicyclic) bond motifs is 2. The summed E-state index contributed by atoms with van der Waals surface area (Å²) >= 11 is 13.8. The molecule has 6 rings (SSSR count). The molecule has 8 nitrogen and oxygen atoms in total. The lowest BCUT2D eigenvalue weighted by Crippen LogP contribution is -2.33. The van der Waals surface area contributed by atoms with E-state index in [1.54, 1.807) is 18.2 Å². The molecule has 46 heavy (non-hydrogen) atoms. The van der Waals surface area contributed by atoms with Crippen LogP contribution in [0.2, 0.25) is 10.0 Å². The van der Waals surface area contributed by atoms with Crippen molar-refractivity contribution in [2.24, 2.45) is 5.92 Å². The molecule has 1 aromatic heterocycles. The van der Waals surface area contributed by atoms with Gasteiger partial charge in [0, 0.05) is 36.3 Å². The van der Waals surface area contributed by atoms with Gasteiger partial charge in [-0.15, -0.1) is 0 Å². The van der Waals surface area contributed by atoms with Crippen LogP contribution >= 0.6 is 46.3 Å². The minimum Gasteiger partial charge on any atom is -0.378 e. The highest BCUT2D eigenvalue weighted by Gasteiger charge is 2.57. The van der Waals surface area contributed by atoms with Gasteiger partial charge in [0.25, 0.3) is 0 Å². The number of aromatic nitrogens is 1. The summed E-state index contributed by atoms with van der Waals surface area (Å²) < 4.78 is 43.2. The van der Waals surface area contributed by atoms with Crippen LogP contribution in [0.4, 0.5) is 30.2 Å². The fourth-order valence-corrected chi connectivity index (χ4v) is 8.73. The number of carbonyl (C=O) groups excluding carboxylic acids is 3. The normalized spacial score (nSPS) is 19.2. The number of benzene rings is 3. The van der Waals surface area contributed by atoms with Crippen LogP contribution in [0, 0.1) is 5.92 Å². The monoisotopic (exact) mass is 706 g/mol. The van der Waals surface area contributed by atoms with Gasteiger partial charge in [-0.1, -0.05) is 70.6 Å². The van der Waals surface area contributed by atoms with Crippen LogP contribution in [0.15, 0.2) is 76.6 Å². The summed E-state index contributed by atoms with van der Waals surface area (Å²) in [6.45, 7) is -0.426. The summed E-state index contributed by atoms with van der Waals surface area (Å²) in [5.41, 5.74) is 0.132. The Morgan fingerprint density at radius 3 is 2.30 bits per heavy atom. The van der Waals surface area contributed by atoms with Gasteiger partial charge >= 0.3 is 11.0 Å². The van der Waals surface area contributed by atoms with E-state index >= 15 is 0 Å². The molecule has 1 N–H and O–H groups in total. The van der Waals surface area contributed by atoms with E-state index in [1.165, 1.54) is 28.8 Å². The molecule has 4 aromatic rings. The van der Waals surface area contributed by atoms with E-state index in [0.717, 1.165) is 40.9 Å². The Kier molecular flexibility index (Phi) is 8.47. The highest BCUT2D eigenvalue weighted by molar-refractivity contribution is 8.00. The molecule has 0 bridgehead atoms. The number of carbonyl (C=O) groups is 3. The number of hydrogen-bond donors (Lipinski definition) is 1. The molecule has 1 saturated heterocycles. The molecule has 1 fully saturated rings. The van der Waals surface area contributed by atoms with Crippen molar-refractivity contribution in [2.45, 2.75) is 28.9 Å². The summed E-state index contributed by atoms with van der Waals surface area (Å²) in [5.74, 6) is -4.13. The number of para-hydroxylation sites is 1. The van der Waals surface area contributed by atoms with Crippen LogP contribution in [0.25, 0.3) is 0 Å². The number of thioether (sulfide) groups is 1. The van der Waals surface area contributed by atoms with E-state index in [0.29, 0.717) is 31.1 Å². The van der Waals surface area contributed by atoms with Crippen molar-refractivity contribution in [1.29, 1.82) is 0 Å². The zero-order valence-electron chi connectivity index (χ0n) is 24.0. The van der Waals surface area contributed by atoms with E-state index in [2.05, 4.69) is 5.32 Å². The van der Waals surface area contributed by atoms with Crippen LogP contribution in [-0.2, 0) is 27.1 Å². The quantitative estimate of drug-likeness (QED) is 0.224. The van der Waals surface area contributed by atoms with Gasteiger partial charge in [-0.05, 0) is 48.0 Å². The van der Waals surface area contributed by atoms with Crippen LogP contribution in [-0.4, -0.2) is 41.6 Å². The summed E-state index contributed by atoms with van der Waals surface area (Å²) in [7, 11) is 3.70. The number of hydrogen-bond acceptors (Lipinski definition) is 7. The lowest BCUT2D eigenvalue weighted by molar-refractivity contribution is -0.137. The molecule has 3 atom stereocenters. The minimum absolute atomic E-state index is 0.218. The van der Waals surface area contributed by atoms with Crippen molar-refractivity contribution in [3.05, 3.63) is 102 Å². The smallest absolute Gasteiger partial charge is 0.378 e. The lowest BCUT2D eigenvalue weighted by Gasteiger charge is -2.31. The predicted molar refractivity (Wildman–Crippen MR) is 173 cm³/mol. The molecule has 3 heterocycles. The molecule has 3 aromatic carbocycles. The second-order valence-corrected chi connectivity index (χ2v) is 13.8. The molecule has 15 heteroatoms. The maximum atomic E-state index is 14.1.